The third kappa shape index (κ3) is 0.738. The number of hydrogen-bond acceptors (Lipinski definition) is 0. The largest absolute Gasteiger partial charge is 0.0802 e. The van der Waals surface area contributed by atoms with Gasteiger partial charge in [0.2, 0.25) is 0 Å². The van der Waals surface area contributed by atoms with Crippen LogP contribution in [0.4, 0.5) is 0 Å². The lowest BCUT2D eigenvalue weighted by atomic mass is 10.2. The van der Waals surface area contributed by atoms with E-state index in [9.17, 15) is 0 Å². The van der Waals surface area contributed by atoms with Crippen LogP contribution in [-0.2, 0) is 0 Å². The Balaban J connectivity index is 2.79. The van der Waals surface area contributed by atoms with E-state index in [-0.39, 0.29) is 0 Å². The first-order valence-corrected chi connectivity index (χ1v) is 2.63. The molecule has 0 aromatic rings. The van der Waals surface area contributed by atoms with Gasteiger partial charge in [-0.25, -0.2) is 0 Å². The molecule has 0 bridgehead atoms. The standard InChI is InChI=1S/C7H10/c1-6-4-3-5-7(6)2/h3-4H,5H2,1-2H3. The summed E-state index contributed by atoms with van der Waals surface area (Å²) in [6.07, 6.45) is 5.55. The summed E-state index contributed by atoms with van der Waals surface area (Å²) in [7, 11) is 0. The van der Waals surface area contributed by atoms with Crippen LogP contribution in [0, 0.1) is 0 Å². The van der Waals surface area contributed by atoms with Crippen molar-refractivity contribution in [2.45, 2.75) is 20.3 Å². The molecule has 0 amide bonds. The fourth-order valence-electron chi connectivity index (χ4n) is 0.716. The smallest absolute Gasteiger partial charge is 0.0133 e. The maximum Gasteiger partial charge on any atom is -0.0133 e. The summed E-state index contributed by atoms with van der Waals surface area (Å²) in [5, 5.41) is 0. The average molecular weight is 94.2 g/mol. The molecule has 0 fully saturated rings. The van der Waals surface area contributed by atoms with Crippen molar-refractivity contribution in [2.75, 3.05) is 0 Å². The molecular formula is C7H10. The van der Waals surface area contributed by atoms with Crippen LogP contribution in [0.5, 0.6) is 0 Å². The first-order chi connectivity index (χ1) is 3.30. The topological polar surface area (TPSA) is 0 Å². The second-order valence-corrected chi connectivity index (χ2v) is 2.07. The molecule has 0 spiro atoms. The van der Waals surface area contributed by atoms with Gasteiger partial charge >= 0.3 is 0 Å². The summed E-state index contributed by atoms with van der Waals surface area (Å²) in [5.41, 5.74) is 2.96. The Kier molecular flexibility index (Phi) is 1.01. The van der Waals surface area contributed by atoms with Crippen molar-refractivity contribution in [3.8, 4) is 0 Å². The molecule has 1 rings (SSSR count). The van der Waals surface area contributed by atoms with E-state index in [0.717, 1.165) is 0 Å². The van der Waals surface area contributed by atoms with Gasteiger partial charge < -0.3 is 0 Å². The molecule has 38 valence electrons. The second kappa shape index (κ2) is 1.53. The normalized spacial score (nSPS) is 19.1. The molecule has 0 heteroatoms. The Morgan fingerprint density at radius 1 is 1.43 bits per heavy atom. The van der Waals surface area contributed by atoms with Crippen molar-refractivity contribution in [1.82, 2.24) is 0 Å². The Labute approximate surface area is 44.5 Å². The summed E-state index contributed by atoms with van der Waals surface area (Å²) in [6.45, 7) is 4.33. The van der Waals surface area contributed by atoms with E-state index >= 15 is 0 Å². The molecule has 0 atom stereocenters. The maximum atomic E-state index is 2.20. The Morgan fingerprint density at radius 3 is 2.29 bits per heavy atom. The minimum Gasteiger partial charge on any atom is -0.0802 e. The van der Waals surface area contributed by atoms with Gasteiger partial charge in [0.25, 0.3) is 0 Å². The molecule has 0 aromatic carbocycles. The van der Waals surface area contributed by atoms with Crippen LogP contribution in [-0.4, -0.2) is 0 Å². The Hall–Kier alpha value is -0.520. The molecule has 0 saturated carbocycles. The Morgan fingerprint density at radius 2 is 2.14 bits per heavy atom. The first-order valence-electron chi connectivity index (χ1n) is 2.63. The van der Waals surface area contributed by atoms with E-state index in [0.29, 0.717) is 0 Å². The lowest BCUT2D eigenvalue weighted by Crippen LogP contribution is -1.67. The predicted molar refractivity (Wildman–Crippen MR) is 32.1 cm³/mol. The highest BCUT2D eigenvalue weighted by molar-refractivity contribution is 5.30. The van der Waals surface area contributed by atoms with E-state index in [1.165, 1.54) is 17.6 Å². The number of rotatable bonds is 0. The third-order valence-corrected chi connectivity index (χ3v) is 1.47. The van der Waals surface area contributed by atoms with Gasteiger partial charge in [-0.15, -0.1) is 0 Å². The van der Waals surface area contributed by atoms with Crippen LogP contribution in [0.1, 0.15) is 20.3 Å². The Bertz CT molecular complexity index is 127. The van der Waals surface area contributed by atoms with Gasteiger partial charge in [0.1, 0.15) is 0 Å². The van der Waals surface area contributed by atoms with Crippen LogP contribution in [0.15, 0.2) is 23.3 Å². The van der Waals surface area contributed by atoms with E-state index in [1.54, 1.807) is 0 Å². The molecule has 0 N–H and O–H groups in total. The van der Waals surface area contributed by atoms with E-state index in [1.807, 2.05) is 0 Å². The second-order valence-electron chi connectivity index (χ2n) is 2.07. The highest BCUT2D eigenvalue weighted by Crippen LogP contribution is 2.16. The van der Waals surface area contributed by atoms with Crippen LogP contribution < -0.4 is 0 Å². The number of hydrogen-bond donors (Lipinski definition) is 0. The zero-order valence-electron chi connectivity index (χ0n) is 4.86. The van der Waals surface area contributed by atoms with Gasteiger partial charge in [0.05, 0.1) is 0 Å². The zero-order chi connectivity index (χ0) is 5.28. The predicted octanol–water partition coefficient (Wildman–Crippen LogP) is 2.28. The average Bonchev–Trinajstić information content (AvgIpc) is 1.91. The summed E-state index contributed by atoms with van der Waals surface area (Å²) in [5.74, 6) is 0. The lowest BCUT2D eigenvalue weighted by Gasteiger charge is -1.87. The van der Waals surface area contributed by atoms with Gasteiger partial charge in [-0.1, -0.05) is 23.3 Å². The molecule has 0 aromatic heterocycles. The molecule has 0 heterocycles. The van der Waals surface area contributed by atoms with E-state index in [4.69, 9.17) is 0 Å². The molecule has 0 aliphatic heterocycles. The summed E-state index contributed by atoms with van der Waals surface area (Å²) >= 11 is 0. The van der Waals surface area contributed by atoms with E-state index < -0.39 is 0 Å². The van der Waals surface area contributed by atoms with Gasteiger partial charge in [-0.2, -0.15) is 0 Å². The minimum atomic E-state index is 1.17. The van der Waals surface area contributed by atoms with Crippen molar-refractivity contribution >= 4 is 0 Å². The van der Waals surface area contributed by atoms with Crippen LogP contribution in [0.3, 0.4) is 0 Å². The fourth-order valence-corrected chi connectivity index (χ4v) is 0.716. The van der Waals surface area contributed by atoms with Crippen LogP contribution in [0.25, 0.3) is 0 Å². The van der Waals surface area contributed by atoms with Crippen LogP contribution in [0.2, 0.25) is 0 Å². The molecule has 7 heavy (non-hydrogen) atoms. The highest BCUT2D eigenvalue weighted by atomic mass is 14.0. The molecular weight excluding hydrogens is 84.1 g/mol. The maximum absolute atomic E-state index is 2.20. The monoisotopic (exact) mass is 94.1 g/mol. The van der Waals surface area contributed by atoms with Crippen molar-refractivity contribution in [3.05, 3.63) is 23.3 Å². The molecule has 1 aliphatic rings. The van der Waals surface area contributed by atoms with Gasteiger partial charge in [-0.3, -0.25) is 0 Å². The molecule has 1 aliphatic carbocycles. The van der Waals surface area contributed by atoms with Crippen molar-refractivity contribution in [3.63, 3.8) is 0 Å². The van der Waals surface area contributed by atoms with Crippen molar-refractivity contribution in [2.24, 2.45) is 0 Å². The highest BCUT2D eigenvalue weighted by Gasteiger charge is 1.95. The summed E-state index contributed by atoms with van der Waals surface area (Å²) in [4.78, 5) is 0. The third-order valence-electron chi connectivity index (χ3n) is 1.47. The van der Waals surface area contributed by atoms with Gasteiger partial charge in [-0.05, 0) is 20.3 Å². The quantitative estimate of drug-likeness (QED) is 0.432. The summed E-state index contributed by atoms with van der Waals surface area (Å²) < 4.78 is 0. The lowest BCUT2D eigenvalue weighted by molar-refractivity contribution is 1.22. The van der Waals surface area contributed by atoms with Crippen LogP contribution >= 0.6 is 0 Å². The molecule has 0 saturated heterocycles. The van der Waals surface area contributed by atoms with Gasteiger partial charge in [0.15, 0.2) is 0 Å². The number of allylic oxidation sites excluding steroid dienone is 4. The summed E-state index contributed by atoms with van der Waals surface area (Å²) in [6, 6.07) is 0. The molecule has 0 nitrogen and oxygen atoms in total. The minimum absolute atomic E-state index is 1.17. The van der Waals surface area contributed by atoms with Gasteiger partial charge in [0, 0.05) is 0 Å². The van der Waals surface area contributed by atoms with Crippen molar-refractivity contribution < 1.29 is 0 Å². The zero-order valence-corrected chi connectivity index (χ0v) is 4.86. The fraction of sp³-hybridized carbons (Fsp3) is 0.429. The molecule has 0 unspecified atom stereocenters. The first kappa shape index (κ1) is 4.63. The molecule has 0 radical (unpaired) electrons. The van der Waals surface area contributed by atoms with E-state index in [2.05, 4.69) is 26.0 Å². The SMILES string of the molecule is CC1=C(C)CC=C1. The van der Waals surface area contributed by atoms with Crippen molar-refractivity contribution in [1.29, 1.82) is 0 Å².